The fourth-order valence-electron chi connectivity index (χ4n) is 1.17. The quantitative estimate of drug-likeness (QED) is 0.659. The minimum absolute atomic E-state index is 0.117. The number of rotatable bonds is 7. The number of carboxylic acids is 1. The van der Waals surface area contributed by atoms with Crippen molar-refractivity contribution in [2.45, 2.75) is 39.2 Å². The van der Waals surface area contributed by atoms with Crippen LogP contribution in [0.25, 0.3) is 4.85 Å². The lowest BCUT2D eigenvalue weighted by atomic mass is 10.0. The molecule has 0 saturated carbocycles. The number of hydrogen-bond donors (Lipinski definition) is 1. The highest BCUT2D eigenvalue weighted by atomic mass is 16.5. The van der Waals surface area contributed by atoms with E-state index in [2.05, 4.69) is 4.85 Å². The first-order chi connectivity index (χ1) is 6.87. The van der Waals surface area contributed by atoms with Crippen LogP contribution in [0.4, 0.5) is 0 Å². The van der Waals surface area contributed by atoms with Gasteiger partial charge in [-0.15, -0.1) is 0 Å². The summed E-state index contributed by atoms with van der Waals surface area (Å²) in [6, 6.07) is 0. The molecule has 0 rings (SSSR count). The van der Waals surface area contributed by atoms with Crippen molar-refractivity contribution in [1.29, 1.82) is 0 Å². The van der Waals surface area contributed by atoms with Gasteiger partial charge in [0, 0.05) is 13.0 Å². The summed E-state index contributed by atoms with van der Waals surface area (Å²) in [5.41, 5.74) is -0.426. The van der Waals surface area contributed by atoms with Crippen molar-refractivity contribution in [2.24, 2.45) is 5.92 Å². The number of ether oxygens (including phenoxy) is 1. The predicted molar refractivity (Wildman–Crippen MR) is 57.5 cm³/mol. The molecule has 0 saturated heterocycles. The van der Waals surface area contributed by atoms with E-state index in [1.54, 1.807) is 0 Å². The Morgan fingerprint density at radius 2 is 2.20 bits per heavy atom. The molecule has 15 heavy (non-hydrogen) atoms. The van der Waals surface area contributed by atoms with Crippen LogP contribution in [0.3, 0.4) is 0 Å². The zero-order valence-electron chi connectivity index (χ0n) is 9.62. The third-order valence-corrected chi connectivity index (χ3v) is 2.09. The lowest BCUT2D eigenvalue weighted by molar-refractivity contribution is -0.138. The standard InChI is InChI=1S/C11H19NO3/c1-9(7-10(13)14)5-6-15-11(2,3)8-12-4/h9H,5-8H2,1-3H3,(H,13,14). The molecule has 86 valence electrons. The first-order valence-corrected chi connectivity index (χ1v) is 5.06. The summed E-state index contributed by atoms with van der Waals surface area (Å²) in [6.45, 7) is 13.2. The summed E-state index contributed by atoms with van der Waals surface area (Å²) in [7, 11) is 0. The average molecular weight is 213 g/mol. The lowest BCUT2D eigenvalue weighted by Crippen LogP contribution is -2.28. The maximum absolute atomic E-state index is 10.4. The van der Waals surface area contributed by atoms with E-state index in [1.807, 2.05) is 20.8 Å². The number of nitrogens with zero attached hydrogens (tertiary/aromatic N) is 1. The summed E-state index contributed by atoms with van der Waals surface area (Å²) in [6.07, 6.45) is 0.889. The number of carboxylic acid groups (broad SMARTS) is 1. The summed E-state index contributed by atoms with van der Waals surface area (Å²) in [4.78, 5) is 13.7. The first kappa shape index (κ1) is 13.9. The van der Waals surface area contributed by atoms with Gasteiger partial charge in [0.25, 0.3) is 0 Å². The second-order valence-electron chi connectivity index (χ2n) is 4.42. The van der Waals surface area contributed by atoms with E-state index in [1.165, 1.54) is 0 Å². The Kier molecular flexibility index (Phi) is 5.95. The van der Waals surface area contributed by atoms with Crippen LogP contribution in [0.15, 0.2) is 0 Å². The molecule has 0 radical (unpaired) electrons. The van der Waals surface area contributed by atoms with Gasteiger partial charge in [-0.25, -0.2) is 6.57 Å². The molecular formula is C11H19NO3. The summed E-state index contributed by atoms with van der Waals surface area (Å²) < 4.78 is 5.52. The van der Waals surface area contributed by atoms with Crippen LogP contribution in [0, 0.1) is 12.5 Å². The lowest BCUT2D eigenvalue weighted by Gasteiger charge is -2.20. The Labute approximate surface area is 91.1 Å². The SMILES string of the molecule is [C-]#[N+]CC(C)(C)OCCC(C)CC(=O)O. The third-order valence-electron chi connectivity index (χ3n) is 2.09. The van der Waals surface area contributed by atoms with E-state index in [-0.39, 0.29) is 12.3 Å². The van der Waals surface area contributed by atoms with Gasteiger partial charge in [-0.05, 0) is 26.2 Å². The van der Waals surface area contributed by atoms with Crippen molar-refractivity contribution in [3.05, 3.63) is 11.4 Å². The van der Waals surface area contributed by atoms with E-state index in [0.717, 1.165) is 0 Å². The molecule has 0 aliphatic heterocycles. The molecule has 0 aliphatic carbocycles. The Bertz CT molecular complexity index is 243. The van der Waals surface area contributed by atoms with E-state index in [9.17, 15) is 4.79 Å². The molecule has 1 N–H and O–H groups in total. The van der Waals surface area contributed by atoms with Gasteiger partial charge in [0.15, 0.2) is 0 Å². The molecule has 4 nitrogen and oxygen atoms in total. The molecule has 0 aliphatic rings. The minimum atomic E-state index is -0.775. The summed E-state index contributed by atoms with van der Waals surface area (Å²) >= 11 is 0. The minimum Gasteiger partial charge on any atom is -0.481 e. The molecule has 0 aromatic heterocycles. The molecule has 0 bridgehead atoms. The largest absolute Gasteiger partial charge is 0.481 e. The smallest absolute Gasteiger partial charge is 0.303 e. The fourth-order valence-corrected chi connectivity index (χ4v) is 1.17. The number of hydrogen-bond acceptors (Lipinski definition) is 2. The van der Waals surface area contributed by atoms with Crippen molar-refractivity contribution < 1.29 is 14.6 Å². The maximum atomic E-state index is 10.4. The topological polar surface area (TPSA) is 50.9 Å². The molecule has 4 heteroatoms. The van der Waals surface area contributed by atoms with Crippen molar-refractivity contribution in [3.63, 3.8) is 0 Å². The summed E-state index contributed by atoms with van der Waals surface area (Å²) in [5.74, 6) is -0.658. The molecule has 0 spiro atoms. The summed E-state index contributed by atoms with van der Waals surface area (Å²) in [5, 5.41) is 8.55. The molecule has 0 heterocycles. The molecule has 0 fully saturated rings. The van der Waals surface area contributed by atoms with Crippen LogP contribution in [0.2, 0.25) is 0 Å². The normalized spacial score (nSPS) is 13.2. The predicted octanol–water partition coefficient (Wildman–Crippen LogP) is 2.20. The van der Waals surface area contributed by atoms with E-state index in [0.29, 0.717) is 19.6 Å². The Hall–Kier alpha value is -1.08. The van der Waals surface area contributed by atoms with Crippen molar-refractivity contribution in [2.75, 3.05) is 13.2 Å². The van der Waals surface area contributed by atoms with Crippen molar-refractivity contribution in [1.82, 2.24) is 0 Å². The average Bonchev–Trinajstić information content (AvgIpc) is 2.01. The molecule has 1 unspecified atom stereocenters. The molecular weight excluding hydrogens is 194 g/mol. The van der Waals surface area contributed by atoms with Crippen LogP contribution in [-0.2, 0) is 9.53 Å². The second-order valence-corrected chi connectivity index (χ2v) is 4.42. The second kappa shape index (κ2) is 6.41. The van der Waals surface area contributed by atoms with Crippen LogP contribution in [0.5, 0.6) is 0 Å². The highest BCUT2D eigenvalue weighted by Crippen LogP contribution is 2.13. The highest BCUT2D eigenvalue weighted by Gasteiger charge is 2.22. The van der Waals surface area contributed by atoms with Crippen LogP contribution in [0.1, 0.15) is 33.6 Å². The monoisotopic (exact) mass is 213 g/mol. The molecule has 0 aromatic rings. The van der Waals surface area contributed by atoms with Gasteiger partial charge in [-0.3, -0.25) is 4.79 Å². The van der Waals surface area contributed by atoms with Crippen LogP contribution in [-0.4, -0.2) is 29.8 Å². The fraction of sp³-hybridized carbons (Fsp3) is 0.818. The highest BCUT2D eigenvalue weighted by molar-refractivity contribution is 5.66. The zero-order valence-corrected chi connectivity index (χ0v) is 9.62. The van der Waals surface area contributed by atoms with Gasteiger partial charge in [0.05, 0.1) is 0 Å². The van der Waals surface area contributed by atoms with Gasteiger partial charge in [0.1, 0.15) is 5.60 Å². The van der Waals surface area contributed by atoms with Gasteiger partial charge in [-0.2, -0.15) is 0 Å². The van der Waals surface area contributed by atoms with Gasteiger partial charge in [-0.1, -0.05) is 6.92 Å². The third kappa shape index (κ3) is 7.95. The van der Waals surface area contributed by atoms with E-state index in [4.69, 9.17) is 16.4 Å². The van der Waals surface area contributed by atoms with E-state index >= 15 is 0 Å². The van der Waals surface area contributed by atoms with Gasteiger partial charge in [0.2, 0.25) is 6.54 Å². The number of aliphatic carboxylic acids is 1. The first-order valence-electron chi connectivity index (χ1n) is 5.06. The van der Waals surface area contributed by atoms with E-state index < -0.39 is 11.6 Å². The maximum Gasteiger partial charge on any atom is 0.303 e. The Morgan fingerprint density at radius 3 is 2.67 bits per heavy atom. The van der Waals surface area contributed by atoms with Crippen LogP contribution < -0.4 is 0 Å². The van der Waals surface area contributed by atoms with Gasteiger partial charge < -0.3 is 14.7 Å². The molecule has 0 aromatic carbocycles. The number of carbonyl (C=O) groups is 1. The van der Waals surface area contributed by atoms with Crippen LogP contribution >= 0.6 is 0 Å². The van der Waals surface area contributed by atoms with Crippen molar-refractivity contribution >= 4 is 5.97 Å². The Morgan fingerprint density at radius 1 is 1.60 bits per heavy atom. The zero-order chi connectivity index (χ0) is 11.9. The molecule has 1 atom stereocenters. The molecule has 0 amide bonds. The van der Waals surface area contributed by atoms with Gasteiger partial charge >= 0.3 is 5.97 Å². The van der Waals surface area contributed by atoms with Crippen molar-refractivity contribution in [3.8, 4) is 0 Å². The Balaban J connectivity index is 3.70.